The van der Waals surface area contributed by atoms with Crippen molar-refractivity contribution in [2.45, 2.75) is 19.6 Å². The summed E-state index contributed by atoms with van der Waals surface area (Å²) in [5.74, 6) is 5.64. The molecular weight excluding hydrogens is 527 g/mol. The molecule has 1 amide bonds. The zero-order chi connectivity index (χ0) is 29.1. The first-order chi connectivity index (χ1) is 19.6. The van der Waals surface area contributed by atoms with Gasteiger partial charge in [-0.3, -0.25) is 14.7 Å². The number of pyridine rings is 1. The first-order valence-electron chi connectivity index (χ1n) is 13.3. The molecule has 4 aromatic rings. The van der Waals surface area contributed by atoms with Gasteiger partial charge < -0.3 is 16.0 Å². The van der Waals surface area contributed by atoms with Gasteiger partial charge in [-0.1, -0.05) is 36.1 Å². The number of aromatic nitrogens is 1. The molecule has 1 aliphatic heterocycles. The van der Waals surface area contributed by atoms with Gasteiger partial charge in [0.15, 0.2) is 0 Å². The lowest BCUT2D eigenvalue weighted by atomic mass is 10.0. The number of nitrogens with one attached hydrogen (secondary N) is 1. The first-order valence-corrected chi connectivity index (χ1v) is 13.3. The monoisotopic (exact) mass is 557 g/mol. The molecule has 1 aliphatic rings. The summed E-state index contributed by atoms with van der Waals surface area (Å²) < 4.78 is 42.0. The van der Waals surface area contributed by atoms with E-state index in [1.165, 1.54) is 12.1 Å². The van der Waals surface area contributed by atoms with Gasteiger partial charge in [-0.25, -0.2) is 0 Å². The number of aryl methyl sites for hydroxylation is 1. The van der Waals surface area contributed by atoms with Crippen molar-refractivity contribution in [1.29, 1.82) is 0 Å². The van der Waals surface area contributed by atoms with Crippen LogP contribution in [0.5, 0.6) is 0 Å². The van der Waals surface area contributed by atoms with Crippen LogP contribution in [0, 0.1) is 18.8 Å². The fraction of sp³-hybridized carbons (Fsp3) is 0.250. The van der Waals surface area contributed by atoms with Gasteiger partial charge in [0.25, 0.3) is 5.91 Å². The Morgan fingerprint density at radius 2 is 1.73 bits per heavy atom. The van der Waals surface area contributed by atoms with Crippen LogP contribution < -0.4 is 11.1 Å². The number of alkyl halides is 3. The fourth-order valence-electron chi connectivity index (χ4n) is 4.86. The van der Waals surface area contributed by atoms with Crippen molar-refractivity contribution in [3.63, 3.8) is 0 Å². The second kappa shape index (κ2) is 11.6. The number of piperazine rings is 1. The Hall–Kier alpha value is -4.39. The average molecular weight is 558 g/mol. The SMILES string of the molecule is Cc1ccc(NC(=O)c2ccc(CN3CCN(C)CC3)c(C(F)(F)F)c2)cc1C#Cc1cncc2c(N)cccc12. The summed E-state index contributed by atoms with van der Waals surface area (Å²) in [4.78, 5) is 21.4. The summed E-state index contributed by atoms with van der Waals surface area (Å²) in [7, 11) is 1.99. The van der Waals surface area contributed by atoms with Crippen LogP contribution in [0.3, 0.4) is 0 Å². The number of hydrogen-bond donors (Lipinski definition) is 2. The second-order valence-corrected chi connectivity index (χ2v) is 10.3. The third-order valence-corrected chi connectivity index (χ3v) is 7.33. The van der Waals surface area contributed by atoms with E-state index in [2.05, 4.69) is 27.0 Å². The number of anilines is 2. The van der Waals surface area contributed by atoms with Crippen LogP contribution in [0.25, 0.3) is 10.8 Å². The molecule has 1 fully saturated rings. The number of amides is 1. The van der Waals surface area contributed by atoms with E-state index in [1.54, 1.807) is 36.7 Å². The van der Waals surface area contributed by atoms with E-state index < -0.39 is 17.6 Å². The lowest BCUT2D eigenvalue weighted by molar-refractivity contribution is -0.138. The van der Waals surface area contributed by atoms with Crippen LogP contribution in [0.15, 0.2) is 67.0 Å². The highest BCUT2D eigenvalue weighted by Gasteiger charge is 2.34. The summed E-state index contributed by atoms with van der Waals surface area (Å²) in [6.07, 6.45) is -1.21. The Morgan fingerprint density at radius 3 is 2.49 bits per heavy atom. The molecule has 0 radical (unpaired) electrons. The number of fused-ring (bicyclic) bond motifs is 1. The number of carbonyl (C=O) groups is 1. The Kier molecular flexibility index (Phi) is 7.97. The molecule has 9 heteroatoms. The Morgan fingerprint density at radius 1 is 0.976 bits per heavy atom. The van der Waals surface area contributed by atoms with E-state index in [0.717, 1.165) is 35.5 Å². The number of carbonyl (C=O) groups excluding carboxylic acids is 1. The van der Waals surface area contributed by atoms with Crippen LogP contribution in [0.2, 0.25) is 0 Å². The number of halogens is 3. The van der Waals surface area contributed by atoms with Crippen molar-refractivity contribution >= 4 is 28.1 Å². The van der Waals surface area contributed by atoms with Gasteiger partial charge in [0, 0.05) is 78.4 Å². The topological polar surface area (TPSA) is 74.5 Å². The molecule has 0 atom stereocenters. The number of nitrogen functional groups attached to an aromatic ring is 1. The highest BCUT2D eigenvalue weighted by atomic mass is 19.4. The van der Waals surface area contributed by atoms with Gasteiger partial charge in [-0.15, -0.1) is 0 Å². The van der Waals surface area contributed by atoms with Crippen molar-refractivity contribution in [1.82, 2.24) is 14.8 Å². The van der Waals surface area contributed by atoms with Crippen LogP contribution in [0.4, 0.5) is 24.5 Å². The minimum absolute atomic E-state index is 0.0629. The molecule has 1 aromatic heterocycles. The zero-order valence-corrected chi connectivity index (χ0v) is 22.8. The van der Waals surface area contributed by atoms with Crippen molar-refractivity contribution < 1.29 is 18.0 Å². The minimum atomic E-state index is -4.58. The molecule has 3 N–H and O–H groups in total. The van der Waals surface area contributed by atoms with E-state index in [4.69, 9.17) is 5.73 Å². The molecule has 0 saturated carbocycles. The van der Waals surface area contributed by atoms with Crippen LogP contribution in [-0.4, -0.2) is 53.9 Å². The Balaban J connectivity index is 1.37. The maximum absolute atomic E-state index is 14.0. The normalized spacial score (nSPS) is 14.5. The number of nitrogens with zero attached hydrogens (tertiary/aromatic N) is 3. The maximum atomic E-state index is 14.0. The van der Waals surface area contributed by atoms with Crippen LogP contribution in [0.1, 0.15) is 38.2 Å². The molecule has 0 aliphatic carbocycles. The van der Waals surface area contributed by atoms with E-state index in [0.29, 0.717) is 35.6 Å². The largest absolute Gasteiger partial charge is 0.416 e. The van der Waals surface area contributed by atoms with Gasteiger partial charge in [0.2, 0.25) is 0 Å². The number of likely N-dealkylation sites (N-methyl/N-ethyl adjacent to an activating group) is 1. The summed E-state index contributed by atoms with van der Waals surface area (Å²) in [5, 5.41) is 4.42. The molecule has 0 unspecified atom stereocenters. The molecule has 3 aromatic carbocycles. The fourth-order valence-corrected chi connectivity index (χ4v) is 4.86. The van der Waals surface area contributed by atoms with E-state index in [-0.39, 0.29) is 17.7 Å². The summed E-state index contributed by atoms with van der Waals surface area (Å²) >= 11 is 0. The number of nitrogens with two attached hydrogens (primary N) is 1. The quantitative estimate of drug-likeness (QED) is 0.255. The lowest BCUT2D eigenvalue weighted by Crippen LogP contribution is -2.44. The molecule has 210 valence electrons. The lowest BCUT2D eigenvalue weighted by Gasteiger charge is -2.33. The van der Waals surface area contributed by atoms with E-state index in [1.807, 2.05) is 31.0 Å². The highest BCUT2D eigenvalue weighted by Crippen LogP contribution is 2.34. The van der Waals surface area contributed by atoms with Gasteiger partial charge >= 0.3 is 6.18 Å². The molecule has 0 bridgehead atoms. The minimum Gasteiger partial charge on any atom is -0.398 e. The summed E-state index contributed by atoms with van der Waals surface area (Å²) in [5.41, 5.74) is 8.68. The van der Waals surface area contributed by atoms with Crippen molar-refractivity contribution in [3.8, 4) is 11.8 Å². The molecule has 5 rings (SSSR count). The number of benzene rings is 3. The maximum Gasteiger partial charge on any atom is 0.416 e. The van der Waals surface area contributed by atoms with E-state index in [9.17, 15) is 18.0 Å². The van der Waals surface area contributed by atoms with Gasteiger partial charge in [0.05, 0.1) is 11.1 Å². The summed E-state index contributed by atoms with van der Waals surface area (Å²) in [6, 6.07) is 14.6. The third-order valence-electron chi connectivity index (χ3n) is 7.33. The zero-order valence-electron chi connectivity index (χ0n) is 22.8. The molecule has 1 saturated heterocycles. The second-order valence-electron chi connectivity index (χ2n) is 10.3. The summed E-state index contributed by atoms with van der Waals surface area (Å²) in [6.45, 7) is 5.07. The molecular formula is C32H30F3N5O. The predicted octanol–water partition coefficient (Wildman–Crippen LogP) is 5.54. The van der Waals surface area contributed by atoms with Crippen molar-refractivity contribution in [3.05, 3.63) is 100 Å². The average Bonchev–Trinajstić information content (AvgIpc) is 2.94. The standard InChI is InChI=1S/C32H30F3N5O/c1-21-6-11-26(16-22(21)7-9-24-18-37-19-28-27(24)4-3-5-30(28)36)38-31(41)23-8-10-25(29(17-23)32(33,34)35)20-40-14-12-39(2)13-15-40/h3-6,8,10-11,16-19H,12-15,20,36H2,1-2H3,(H,38,41). The molecule has 6 nitrogen and oxygen atoms in total. The predicted molar refractivity (Wildman–Crippen MR) is 155 cm³/mol. The highest BCUT2D eigenvalue weighted by molar-refractivity contribution is 6.04. The Bertz CT molecular complexity index is 1660. The van der Waals surface area contributed by atoms with Crippen molar-refractivity contribution in [2.75, 3.05) is 44.3 Å². The third kappa shape index (κ3) is 6.51. The number of hydrogen-bond acceptors (Lipinski definition) is 5. The van der Waals surface area contributed by atoms with Crippen LogP contribution >= 0.6 is 0 Å². The van der Waals surface area contributed by atoms with Crippen molar-refractivity contribution in [2.24, 2.45) is 0 Å². The first kappa shape index (κ1) is 28.1. The molecule has 2 heterocycles. The van der Waals surface area contributed by atoms with Gasteiger partial charge in [-0.05, 0) is 55.4 Å². The van der Waals surface area contributed by atoms with Gasteiger partial charge in [-0.2, -0.15) is 13.2 Å². The van der Waals surface area contributed by atoms with Crippen LogP contribution in [-0.2, 0) is 12.7 Å². The Labute approximate surface area is 237 Å². The molecule has 41 heavy (non-hydrogen) atoms. The number of rotatable bonds is 4. The molecule has 0 spiro atoms. The van der Waals surface area contributed by atoms with E-state index >= 15 is 0 Å². The smallest absolute Gasteiger partial charge is 0.398 e. The van der Waals surface area contributed by atoms with Gasteiger partial charge in [0.1, 0.15) is 0 Å².